The first-order valence-corrected chi connectivity index (χ1v) is 21.8. The molecule has 0 radical (unpaired) electrons. The van der Waals surface area contributed by atoms with Gasteiger partial charge < -0.3 is 23.7 Å². The number of benzene rings is 4. The minimum atomic E-state index is -4.75. The third-order valence-electron chi connectivity index (χ3n) is 13.3. The Morgan fingerprint density at radius 3 is 2.32 bits per heavy atom. The molecule has 1 N–H and O–H groups in total. The lowest BCUT2D eigenvalue weighted by atomic mass is 9.95. The molecule has 2 atom stereocenters. The standard InChI is InChI=1S/C48H51F3N6O5/c49-48(50,51)62-38-10-7-34(8-11-38)41-30-57(29-39-31-60-44-3-1-2-4-45(44)61-39)42-12-5-33(23-40(41)42)26-53-17-15-32(16-18-53)25-54-19-21-55(22-20-54)37-9-6-35-27-56(28-36(35)24-37)43-13-14-46(58)52-47(43)59/h1-12,23-24,30,32,39,43H,13-22,25-29,31H2,(H,52,58,59). The quantitative estimate of drug-likeness (QED) is 0.147. The van der Waals surface area contributed by atoms with Gasteiger partial charge in [0.1, 0.15) is 12.4 Å². The summed E-state index contributed by atoms with van der Waals surface area (Å²) < 4.78 is 57.5. The summed E-state index contributed by atoms with van der Waals surface area (Å²) in [5, 5.41) is 3.54. The van der Waals surface area contributed by atoms with Crippen LogP contribution in [0.3, 0.4) is 0 Å². The number of hydrogen-bond donors (Lipinski definition) is 1. The predicted octanol–water partition coefficient (Wildman–Crippen LogP) is 7.20. The zero-order valence-electron chi connectivity index (χ0n) is 34.6. The third kappa shape index (κ3) is 8.86. The Labute approximate surface area is 358 Å². The number of piperidine rings is 2. The summed E-state index contributed by atoms with van der Waals surface area (Å²) in [7, 11) is 0. The SMILES string of the molecule is O=C1CCC(N2Cc3ccc(N4CCN(CC5CCN(Cc6ccc7c(c6)c(-c6ccc(OC(F)(F)F)cc6)cn7CC6COc7ccccc7O6)CC5)CC4)cc3C2)C(=O)N1. The first kappa shape index (κ1) is 40.5. The predicted molar refractivity (Wildman–Crippen MR) is 229 cm³/mol. The van der Waals surface area contributed by atoms with Crippen molar-refractivity contribution >= 4 is 28.4 Å². The Kier molecular flexibility index (Phi) is 11.1. The molecule has 324 valence electrons. The number of likely N-dealkylation sites (tertiary alicyclic amines) is 1. The van der Waals surface area contributed by atoms with Crippen LogP contribution in [0, 0.1) is 5.92 Å². The number of nitrogens with one attached hydrogen (secondary N) is 1. The van der Waals surface area contributed by atoms with Gasteiger partial charge in [-0.05, 0) is 109 Å². The van der Waals surface area contributed by atoms with Crippen molar-refractivity contribution in [1.82, 2.24) is 24.6 Å². The Morgan fingerprint density at radius 1 is 0.774 bits per heavy atom. The van der Waals surface area contributed by atoms with Crippen molar-refractivity contribution < 1.29 is 37.0 Å². The van der Waals surface area contributed by atoms with Crippen molar-refractivity contribution in [2.24, 2.45) is 5.92 Å². The molecule has 0 saturated carbocycles. The number of para-hydroxylation sites is 2. The van der Waals surface area contributed by atoms with Crippen molar-refractivity contribution in [2.75, 3.05) is 57.3 Å². The van der Waals surface area contributed by atoms with Gasteiger partial charge in [0.25, 0.3) is 0 Å². The van der Waals surface area contributed by atoms with Crippen LogP contribution in [0.15, 0.2) is 91.1 Å². The first-order chi connectivity index (χ1) is 30.1. The summed E-state index contributed by atoms with van der Waals surface area (Å²) in [4.78, 5) is 34.0. The van der Waals surface area contributed by atoms with E-state index < -0.39 is 6.36 Å². The van der Waals surface area contributed by atoms with E-state index >= 15 is 0 Å². The molecule has 1 aromatic heterocycles. The largest absolute Gasteiger partial charge is 0.573 e. The van der Waals surface area contributed by atoms with Gasteiger partial charge in [-0.15, -0.1) is 13.2 Å². The molecule has 62 heavy (non-hydrogen) atoms. The van der Waals surface area contributed by atoms with Crippen molar-refractivity contribution in [3.8, 4) is 28.4 Å². The Bertz CT molecular complexity index is 2440. The monoisotopic (exact) mass is 848 g/mol. The average Bonchev–Trinajstić information content (AvgIpc) is 3.85. The number of hydrogen-bond acceptors (Lipinski definition) is 9. The fraction of sp³-hybridized carbons (Fsp3) is 0.417. The van der Waals surface area contributed by atoms with Gasteiger partial charge in [-0.25, -0.2) is 0 Å². The van der Waals surface area contributed by atoms with Crippen LogP contribution in [0.5, 0.6) is 17.2 Å². The van der Waals surface area contributed by atoms with E-state index in [2.05, 4.69) is 76.8 Å². The summed E-state index contributed by atoms with van der Waals surface area (Å²) in [6.45, 7) is 10.5. The average molecular weight is 849 g/mol. The number of carbonyl (C=O) groups excluding carboxylic acids is 2. The molecule has 11 nitrogen and oxygen atoms in total. The van der Waals surface area contributed by atoms with Crippen LogP contribution in [-0.2, 0) is 35.8 Å². The molecular formula is C48H51F3N6O5. The van der Waals surface area contributed by atoms with Crippen LogP contribution in [0.25, 0.3) is 22.0 Å². The zero-order valence-corrected chi connectivity index (χ0v) is 34.6. The molecule has 3 fully saturated rings. The number of nitrogens with zero attached hydrogens (tertiary/aromatic N) is 5. The Balaban J connectivity index is 0.747. The van der Waals surface area contributed by atoms with E-state index in [-0.39, 0.29) is 29.7 Å². The van der Waals surface area contributed by atoms with Gasteiger partial charge in [0.05, 0.1) is 12.6 Å². The van der Waals surface area contributed by atoms with Gasteiger partial charge >= 0.3 is 6.36 Å². The zero-order chi connectivity index (χ0) is 42.4. The number of carbonyl (C=O) groups is 2. The van der Waals surface area contributed by atoms with Gasteiger partial charge in [0.15, 0.2) is 17.6 Å². The molecular weight excluding hydrogens is 798 g/mol. The maximum atomic E-state index is 12.9. The molecule has 0 bridgehead atoms. The molecule has 5 aliphatic heterocycles. The van der Waals surface area contributed by atoms with Gasteiger partial charge in [-0.1, -0.05) is 36.4 Å². The second-order valence-electron chi connectivity index (χ2n) is 17.4. The summed E-state index contributed by atoms with van der Waals surface area (Å²) in [6.07, 6.45) is 0.375. The number of imide groups is 1. The second kappa shape index (κ2) is 16.9. The number of fused-ring (bicyclic) bond motifs is 3. The van der Waals surface area contributed by atoms with Crippen molar-refractivity contribution in [1.29, 1.82) is 0 Å². The molecule has 5 aliphatic rings. The van der Waals surface area contributed by atoms with Gasteiger partial charge in [0, 0.05) is 87.1 Å². The summed E-state index contributed by atoms with van der Waals surface area (Å²) in [6, 6.07) is 26.8. The van der Waals surface area contributed by atoms with Crippen LogP contribution in [0.1, 0.15) is 42.4 Å². The molecule has 3 saturated heterocycles. The van der Waals surface area contributed by atoms with Crippen LogP contribution in [0.2, 0.25) is 0 Å². The molecule has 0 aliphatic carbocycles. The number of rotatable bonds is 10. The Hall–Kier alpha value is -5.57. The highest BCUT2D eigenvalue weighted by Crippen LogP contribution is 2.37. The molecule has 10 rings (SSSR count). The fourth-order valence-corrected chi connectivity index (χ4v) is 10.0. The number of halogens is 3. The number of anilines is 1. The minimum Gasteiger partial charge on any atom is -0.486 e. The minimum absolute atomic E-state index is 0.172. The molecule has 6 heterocycles. The highest BCUT2D eigenvalue weighted by molar-refractivity contribution is 6.00. The molecule has 0 spiro atoms. The van der Waals surface area contributed by atoms with E-state index in [1.165, 1.54) is 34.5 Å². The van der Waals surface area contributed by atoms with Crippen molar-refractivity contribution in [3.05, 3.63) is 108 Å². The van der Waals surface area contributed by atoms with Crippen LogP contribution >= 0.6 is 0 Å². The van der Waals surface area contributed by atoms with E-state index in [9.17, 15) is 22.8 Å². The number of aromatic nitrogens is 1. The first-order valence-electron chi connectivity index (χ1n) is 21.8. The van der Waals surface area contributed by atoms with Gasteiger partial charge in [0.2, 0.25) is 11.8 Å². The number of ether oxygens (including phenoxy) is 3. The lowest BCUT2D eigenvalue weighted by Gasteiger charge is -2.39. The summed E-state index contributed by atoms with van der Waals surface area (Å²) in [5.41, 5.74) is 7.75. The summed E-state index contributed by atoms with van der Waals surface area (Å²) in [5.74, 6) is 1.50. The van der Waals surface area contributed by atoms with E-state index in [4.69, 9.17) is 9.47 Å². The van der Waals surface area contributed by atoms with Crippen LogP contribution in [0.4, 0.5) is 18.9 Å². The van der Waals surface area contributed by atoms with Gasteiger partial charge in [-0.2, -0.15) is 0 Å². The number of alkyl halides is 3. The lowest BCUT2D eigenvalue weighted by Crippen LogP contribution is -2.50. The smallest absolute Gasteiger partial charge is 0.486 e. The van der Waals surface area contributed by atoms with E-state index in [1.807, 2.05) is 24.3 Å². The van der Waals surface area contributed by atoms with Gasteiger partial charge in [-0.3, -0.25) is 29.6 Å². The molecule has 2 amide bonds. The molecule has 2 unspecified atom stereocenters. The van der Waals surface area contributed by atoms with E-state index in [0.29, 0.717) is 37.7 Å². The molecule has 5 aromatic rings. The maximum Gasteiger partial charge on any atom is 0.573 e. The van der Waals surface area contributed by atoms with Crippen LogP contribution < -0.4 is 24.4 Å². The van der Waals surface area contributed by atoms with E-state index in [0.717, 1.165) is 106 Å². The molecule has 14 heteroatoms. The number of piperazine rings is 1. The second-order valence-corrected chi connectivity index (χ2v) is 17.4. The lowest BCUT2D eigenvalue weighted by molar-refractivity contribution is -0.274. The fourth-order valence-electron chi connectivity index (χ4n) is 10.0. The summed E-state index contributed by atoms with van der Waals surface area (Å²) >= 11 is 0. The van der Waals surface area contributed by atoms with Crippen molar-refractivity contribution in [2.45, 2.75) is 70.4 Å². The normalized spacial score (nSPS) is 21.6. The highest BCUT2D eigenvalue weighted by Gasteiger charge is 2.35. The topological polar surface area (TPSA) is 91.8 Å². The maximum absolute atomic E-state index is 12.9. The van der Waals surface area contributed by atoms with Crippen molar-refractivity contribution in [3.63, 3.8) is 0 Å². The van der Waals surface area contributed by atoms with E-state index in [1.54, 1.807) is 12.1 Å². The Morgan fingerprint density at radius 2 is 1.55 bits per heavy atom. The number of amides is 2. The van der Waals surface area contributed by atoms with Crippen LogP contribution in [-0.4, -0.2) is 102 Å². The highest BCUT2D eigenvalue weighted by atomic mass is 19.4. The molecule has 4 aromatic carbocycles. The third-order valence-corrected chi connectivity index (χ3v) is 13.3.